The number of aryl methyl sites for hydroxylation is 3. The molecule has 5 aromatic carbocycles. The van der Waals surface area contributed by atoms with Gasteiger partial charge in [-0.3, -0.25) is 4.99 Å². The van der Waals surface area contributed by atoms with Crippen LogP contribution in [0.4, 0.5) is 5.69 Å². The minimum atomic E-state index is -0.435. The first-order valence-electron chi connectivity index (χ1n) is 18.9. The molecule has 0 radical (unpaired) electrons. The number of benzene rings is 5. The van der Waals surface area contributed by atoms with Crippen LogP contribution in [0.2, 0.25) is 0 Å². The summed E-state index contributed by atoms with van der Waals surface area (Å²) >= 11 is 0. The van der Waals surface area contributed by atoms with Crippen LogP contribution in [-0.2, 0) is 24.8 Å². The zero-order valence-corrected chi connectivity index (χ0v) is 31.2. The number of ether oxygens (including phenoxy) is 1. The zero-order valence-electron chi connectivity index (χ0n) is 31.2. The van der Waals surface area contributed by atoms with E-state index in [2.05, 4.69) is 196 Å². The second-order valence-electron chi connectivity index (χ2n) is 14.1. The van der Waals surface area contributed by atoms with Crippen molar-refractivity contribution in [2.45, 2.75) is 77.9 Å². The molecule has 0 fully saturated rings. The molecular weight excluding hydrogens is 633 g/mol. The maximum atomic E-state index is 7.49. The van der Waals surface area contributed by atoms with E-state index >= 15 is 0 Å². The normalized spacial score (nSPS) is 12.7. The molecule has 1 heterocycles. The molecule has 0 N–H and O–H groups in total. The largest absolute Gasteiger partial charge is 0.479 e. The lowest BCUT2D eigenvalue weighted by molar-refractivity contribution is 0.310. The SMILES string of the molecule is CCCc1cccc(CCC)c1/N=C(/CCn1cccc1)[C@@H](/C=C/C(C)(C)c1ccccc1)Oc1c(-c2ccccc2)cccc1-c1ccccc1. The Morgan fingerprint density at radius 1 is 0.654 bits per heavy atom. The van der Waals surface area contributed by atoms with Crippen molar-refractivity contribution in [3.8, 4) is 28.0 Å². The minimum Gasteiger partial charge on any atom is -0.479 e. The molecule has 0 aliphatic rings. The van der Waals surface area contributed by atoms with Crippen LogP contribution in [-0.4, -0.2) is 16.4 Å². The Morgan fingerprint density at radius 3 is 1.71 bits per heavy atom. The summed E-state index contributed by atoms with van der Waals surface area (Å²) in [6.45, 7) is 9.84. The molecule has 3 nitrogen and oxygen atoms in total. The molecular formula is C49H52N2O. The fourth-order valence-corrected chi connectivity index (χ4v) is 6.89. The van der Waals surface area contributed by atoms with Gasteiger partial charge in [0.1, 0.15) is 5.75 Å². The van der Waals surface area contributed by atoms with E-state index in [0.29, 0.717) is 0 Å². The maximum Gasteiger partial charge on any atom is 0.155 e. The second-order valence-corrected chi connectivity index (χ2v) is 14.1. The summed E-state index contributed by atoms with van der Waals surface area (Å²) in [5, 5.41) is 0. The average molecular weight is 685 g/mol. The fourth-order valence-electron chi connectivity index (χ4n) is 6.89. The molecule has 1 atom stereocenters. The highest BCUT2D eigenvalue weighted by atomic mass is 16.5. The van der Waals surface area contributed by atoms with Gasteiger partial charge in [0.15, 0.2) is 6.10 Å². The number of aliphatic imine (C=N–C) groups is 1. The lowest BCUT2D eigenvalue weighted by Crippen LogP contribution is -2.28. The molecule has 0 bridgehead atoms. The van der Waals surface area contributed by atoms with E-state index in [4.69, 9.17) is 9.73 Å². The Balaban J connectivity index is 1.57. The Morgan fingerprint density at radius 2 is 1.17 bits per heavy atom. The van der Waals surface area contributed by atoms with E-state index in [9.17, 15) is 0 Å². The summed E-state index contributed by atoms with van der Waals surface area (Å²) < 4.78 is 9.73. The van der Waals surface area contributed by atoms with Gasteiger partial charge in [-0.2, -0.15) is 0 Å². The summed E-state index contributed by atoms with van der Waals surface area (Å²) in [5.74, 6) is 0.858. The number of rotatable bonds is 16. The van der Waals surface area contributed by atoms with Crippen molar-refractivity contribution in [3.05, 3.63) is 181 Å². The Bertz CT molecular complexity index is 1960. The molecule has 3 heteroatoms. The number of allylic oxidation sites excluding steroid dienone is 1. The maximum absolute atomic E-state index is 7.49. The van der Waals surface area contributed by atoms with Crippen molar-refractivity contribution < 1.29 is 4.74 Å². The van der Waals surface area contributed by atoms with Crippen molar-refractivity contribution in [1.82, 2.24) is 4.57 Å². The second kappa shape index (κ2) is 17.7. The van der Waals surface area contributed by atoms with Gasteiger partial charge < -0.3 is 9.30 Å². The van der Waals surface area contributed by atoms with Gasteiger partial charge in [0.25, 0.3) is 0 Å². The molecule has 0 saturated carbocycles. The first-order chi connectivity index (χ1) is 25.5. The van der Waals surface area contributed by atoms with Gasteiger partial charge in [0.05, 0.1) is 11.4 Å². The van der Waals surface area contributed by atoms with Crippen molar-refractivity contribution in [1.29, 1.82) is 0 Å². The molecule has 6 aromatic rings. The van der Waals surface area contributed by atoms with E-state index in [0.717, 1.165) is 78.1 Å². The number of aromatic nitrogens is 1. The highest BCUT2D eigenvalue weighted by molar-refractivity contribution is 5.94. The van der Waals surface area contributed by atoms with Crippen molar-refractivity contribution in [2.75, 3.05) is 0 Å². The quantitative estimate of drug-likeness (QED) is 0.0736. The third kappa shape index (κ3) is 9.08. The Labute approximate surface area is 311 Å². The topological polar surface area (TPSA) is 26.5 Å². The molecule has 6 rings (SSSR count). The van der Waals surface area contributed by atoms with Gasteiger partial charge in [-0.25, -0.2) is 0 Å². The molecule has 0 aliphatic carbocycles. The van der Waals surface area contributed by atoms with Gasteiger partial charge in [-0.05, 0) is 58.9 Å². The lowest BCUT2D eigenvalue weighted by atomic mass is 9.84. The van der Waals surface area contributed by atoms with Gasteiger partial charge in [0, 0.05) is 41.9 Å². The molecule has 1 aromatic heterocycles. The van der Waals surface area contributed by atoms with Crippen molar-refractivity contribution in [3.63, 3.8) is 0 Å². The Kier molecular flexibility index (Phi) is 12.4. The van der Waals surface area contributed by atoms with Crippen molar-refractivity contribution >= 4 is 11.4 Å². The summed E-state index contributed by atoms with van der Waals surface area (Å²) in [5.41, 5.74) is 10.1. The highest BCUT2D eigenvalue weighted by Crippen LogP contribution is 2.40. The van der Waals surface area contributed by atoms with Crippen LogP contribution in [0.15, 0.2) is 169 Å². The third-order valence-corrected chi connectivity index (χ3v) is 9.75. The van der Waals surface area contributed by atoms with Gasteiger partial charge in [0.2, 0.25) is 0 Å². The molecule has 0 amide bonds. The van der Waals surface area contributed by atoms with Gasteiger partial charge in [-0.15, -0.1) is 0 Å². The van der Waals surface area contributed by atoms with Crippen LogP contribution in [0.25, 0.3) is 22.3 Å². The summed E-state index contributed by atoms with van der Waals surface area (Å²) in [6.07, 6.45) is 13.2. The van der Waals surface area contributed by atoms with E-state index in [-0.39, 0.29) is 5.41 Å². The van der Waals surface area contributed by atoms with Crippen LogP contribution in [0.3, 0.4) is 0 Å². The molecule has 52 heavy (non-hydrogen) atoms. The van der Waals surface area contributed by atoms with Gasteiger partial charge >= 0.3 is 0 Å². The van der Waals surface area contributed by atoms with Crippen LogP contribution in [0, 0.1) is 0 Å². The molecule has 0 spiro atoms. The predicted octanol–water partition coefficient (Wildman–Crippen LogP) is 12.9. The van der Waals surface area contributed by atoms with E-state index in [1.54, 1.807) is 0 Å². The lowest BCUT2D eigenvalue weighted by Gasteiger charge is -2.26. The van der Waals surface area contributed by atoms with Crippen LogP contribution in [0.5, 0.6) is 5.75 Å². The number of nitrogens with zero attached hydrogens (tertiary/aromatic N) is 2. The minimum absolute atomic E-state index is 0.233. The Hall–Kier alpha value is -5.41. The summed E-state index contributed by atoms with van der Waals surface area (Å²) in [6, 6.07) is 49.3. The van der Waals surface area contributed by atoms with E-state index < -0.39 is 6.10 Å². The zero-order chi connectivity index (χ0) is 36.2. The van der Waals surface area contributed by atoms with Gasteiger partial charge in [-0.1, -0.05) is 174 Å². The molecule has 0 saturated heterocycles. The predicted molar refractivity (Wildman–Crippen MR) is 221 cm³/mol. The van der Waals surface area contributed by atoms with Crippen LogP contribution < -0.4 is 4.74 Å². The number of hydrogen-bond donors (Lipinski definition) is 0. The first kappa shape index (κ1) is 36.4. The molecule has 0 unspecified atom stereocenters. The van der Waals surface area contributed by atoms with E-state index in [1.807, 2.05) is 0 Å². The number of para-hydroxylation sites is 2. The first-order valence-corrected chi connectivity index (χ1v) is 18.9. The summed E-state index contributed by atoms with van der Waals surface area (Å²) in [7, 11) is 0. The number of hydrogen-bond acceptors (Lipinski definition) is 2. The third-order valence-electron chi connectivity index (χ3n) is 9.75. The highest BCUT2D eigenvalue weighted by Gasteiger charge is 2.24. The van der Waals surface area contributed by atoms with Crippen molar-refractivity contribution in [2.24, 2.45) is 4.99 Å². The summed E-state index contributed by atoms with van der Waals surface area (Å²) in [4.78, 5) is 5.70. The fraction of sp³-hybridized carbons (Fsp3) is 0.245. The molecule has 0 aliphatic heterocycles. The van der Waals surface area contributed by atoms with E-state index in [1.165, 1.54) is 16.7 Å². The van der Waals surface area contributed by atoms with Crippen LogP contribution >= 0.6 is 0 Å². The average Bonchev–Trinajstić information content (AvgIpc) is 3.71. The smallest absolute Gasteiger partial charge is 0.155 e. The standard InChI is InChI=1S/C49H52N2O/c1-5-20-40-26-18-27-41(21-6-2)47(40)50-45(33-37-51-35-16-17-36-51)46(32-34-49(3,4)42-28-14-9-15-29-42)52-48-43(38-22-10-7-11-23-38)30-19-31-44(48)39-24-12-8-13-25-39/h7-19,22-32,34-36,46H,5-6,20-21,33,37H2,1-4H3/b34-32+,50-45-/t46-/m1/s1. The monoisotopic (exact) mass is 684 g/mol. The molecule has 264 valence electrons. The van der Waals surface area contributed by atoms with Crippen LogP contribution in [0.1, 0.15) is 63.6 Å².